The molecule has 0 spiro atoms. The number of nitrogens with zero attached hydrogens (tertiary/aromatic N) is 1. The largest absolute Gasteiger partial charge is 0.358 e. The van der Waals surface area contributed by atoms with E-state index in [4.69, 9.17) is 4.84 Å². The van der Waals surface area contributed by atoms with Crippen molar-refractivity contribution in [3.63, 3.8) is 0 Å². The second-order valence-corrected chi connectivity index (χ2v) is 2.83. The topological polar surface area (TPSA) is 29.5 Å². The lowest BCUT2D eigenvalue weighted by molar-refractivity contribution is -0.173. The molecule has 0 aromatic carbocycles. The van der Waals surface area contributed by atoms with Crippen LogP contribution in [0.1, 0.15) is 19.8 Å². The average molecular weight is 167 g/mol. The van der Waals surface area contributed by atoms with Gasteiger partial charge in [0.25, 0.3) is 0 Å². The first-order valence-electron chi connectivity index (χ1n) is 4.01. The maximum absolute atomic E-state index is 11.0. The lowest BCUT2D eigenvalue weighted by Crippen LogP contribution is -2.25. The first-order valence-corrected chi connectivity index (χ1v) is 4.01. The molecule has 0 unspecified atom stereocenters. The minimum atomic E-state index is -0.360. The Morgan fingerprint density at radius 1 is 1.67 bits per heavy atom. The van der Waals surface area contributed by atoms with Crippen molar-refractivity contribution in [2.45, 2.75) is 19.8 Å². The van der Waals surface area contributed by atoms with E-state index in [2.05, 4.69) is 6.58 Å². The van der Waals surface area contributed by atoms with E-state index in [1.54, 1.807) is 18.2 Å². The van der Waals surface area contributed by atoms with E-state index >= 15 is 0 Å². The van der Waals surface area contributed by atoms with Gasteiger partial charge in [-0.3, -0.25) is 0 Å². The van der Waals surface area contributed by atoms with Gasteiger partial charge in [-0.15, -0.1) is 0 Å². The minimum Gasteiger partial charge on any atom is -0.336 e. The summed E-state index contributed by atoms with van der Waals surface area (Å²) in [4.78, 5) is 16.0. The van der Waals surface area contributed by atoms with Gasteiger partial charge < -0.3 is 4.84 Å². The van der Waals surface area contributed by atoms with Crippen LogP contribution in [-0.2, 0) is 9.63 Å². The molecule has 1 rings (SSSR count). The Morgan fingerprint density at radius 3 is 2.92 bits per heavy atom. The number of hydrogen-bond donors (Lipinski definition) is 0. The highest BCUT2D eigenvalue weighted by Gasteiger charge is 2.10. The Kier molecular flexibility index (Phi) is 2.91. The molecule has 1 heterocycles. The molecule has 0 radical (unpaired) electrons. The van der Waals surface area contributed by atoms with Crippen LogP contribution in [0.5, 0.6) is 0 Å². The van der Waals surface area contributed by atoms with Crippen molar-refractivity contribution >= 4 is 5.97 Å². The number of allylic oxidation sites excluding steroid dienone is 1. The molecule has 0 amide bonds. The number of hydroxylamine groups is 2. The van der Waals surface area contributed by atoms with Gasteiger partial charge in [0.2, 0.25) is 0 Å². The molecule has 0 aromatic heterocycles. The smallest absolute Gasteiger partial charge is 0.336 e. The molecule has 12 heavy (non-hydrogen) atoms. The Morgan fingerprint density at radius 2 is 2.42 bits per heavy atom. The highest BCUT2D eigenvalue weighted by atomic mass is 16.7. The first-order chi connectivity index (χ1) is 5.70. The first kappa shape index (κ1) is 8.84. The third-order valence-corrected chi connectivity index (χ3v) is 1.57. The summed E-state index contributed by atoms with van der Waals surface area (Å²) < 4.78 is 0. The van der Waals surface area contributed by atoms with Crippen molar-refractivity contribution < 1.29 is 9.63 Å². The zero-order valence-corrected chi connectivity index (χ0v) is 7.25. The van der Waals surface area contributed by atoms with Crippen molar-refractivity contribution in [3.05, 3.63) is 24.4 Å². The van der Waals surface area contributed by atoms with Crippen LogP contribution in [0.25, 0.3) is 0 Å². The maximum Gasteiger partial charge on any atom is 0.358 e. The molecule has 0 aliphatic carbocycles. The van der Waals surface area contributed by atoms with Crippen molar-refractivity contribution in [1.82, 2.24) is 5.06 Å². The highest BCUT2D eigenvalue weighted by molar-refractivity contribution is 5.86. The second kappa shape index (κ2) is 3.95. The molecule has 0 N–H and O–H groups in total. The number of rotatable bonds is 2. The normalized spacial score (nSPS) is 15.9. The van der Waals surface area contributed by atoms with Crippen LogP contribution in [0.3, 0.4) is 0 Å². The zero-order chi connectivity index (χ0) is 8.97. The average Bonchev–Trinajstić information content (AvgIpc) is 2.06. The fraction of sp³-hybridized carbons (Fsp3) is 0.444. The van der Waals surface area contributed by atoms with Gasteiger partial charge in [0.15, 0.2) is 0 Å². The van der Waals surface area contributed by atoms with Gasteiger partial charge in [0.1, 0.15) is 0 Å². The van der Waals surface area contributed by atoms with Crippen molar-refractivity contribution in [2.24, 2.45) is 0 Å². The minimum absolute atomic E-state index is 0.360. The van der Waals surface area contributed by atoms with E-state index in [1.165, 1.54) is 0 Å². The Bertz CT molecular complexity index is 221. The molecule has 1 aliphatic rings. The Labute approximate surface area is 72.3 Å². The van der Waals surface area contributed by atoms with Crippen molar-refractivity contribution in [2.75, 3.05) is 6.54 Å². The summed E-state index contributed by atoms with van der Waals surface area (Å²) in [6.07, 6.45) is 5.85. The summed E-state index contributed by atoms with van der Waals surface area (Å²) in [5.41, 5.74) is 0.425. The predicted molar refractivity (Wildman–Crippen MR) is 46.0 cm³/mol. The highest BCUT2D eigenvalue weighted by Crippen LogP contribution is 2.07. The lowest BCUT2D eigenvalue weighted by Gasteiger charge is -2.21. The molecule has 0 bridgehead atoms. The number of hydrogen-bond acceptors (Lipinski definition) is 3. The van der Waals surface area contributed by atoms with Gasteiger partial charge in [0.05, 0.1) is 6.54 Å². The molecule has 3 heteroatoms. The zero-order valence-electron chi connectivity index (χ0n) is 7.25. The van der Waals surface area contributed by atoms with E-state index < -0.39 is 0 Å². The van der Waals surface area contributed by atoms with Crippen LogP contribution in [-0.4, -0.2) is 17.6 Å². The molecule has 66 valence electrons. The van der Waals surface area contributed by atoms with Gasteiger partial charge in [-0.05, 0) is 19.8 Å². The van der Waals surface area contributed by atoms with Crippen molar-refractivity contribution in [3.8, 4) is 0 Å². The molecule has 0 saturated heterocycles. The molecule has 0 atom stereocenters. The molecule has 0 saturated carbocycles. The van der Waals surface area contributed by atoms with E-state index in [0.29, 0.717) is 5.57 Å². The molecule has 1 aliphatic heterocycles. The van der Waals surface area contributed by atoms with Crippen LogP contribution in [0, 0.1) is 0 Å². The van der Waals surface area contributed by atoms with E-state index in [9.17, 15) is 4.79 Å². The summed E-state index contributed by atoms with van der Waals surface area (Å²) in [7, 11) is 0. The third-order valence-electron chi connectivity index (χ3n) is 1.57. The molecule has 3 nitrogen and oxygen atoms in total. The van der Waals surface area contributed by atoms with Crippen LogP contribution >= 0.6 is 0 Å². The second-order valence-electron chi connectivity index (χ2n) is 2.83. The maximum atomic E-state index is 11.0. The standard InChI is InChI=1S/C9H13NO2/c1-8(2)9(11)12-10-6-4-3-5-7-10/h4,6H,1,3,5,7H2,2H3. The third kappa shape index (κ3) is 2.42. The molecular weight excluding hydrogens is 154 g/mol. The van der Waals surface area contributed by atoms with Gasteiger partial charge in [0, 0.05) is 11.8 Å². The Balaban J connectivity index is 2.40. The van der Waals surface area contributed by atoms with E-state index in [1.807, 2.05) is 6.08 Å². The monoisotopic (exact) mass is 167 g/mol. The van der Waals surface area contributed by atoms with Gasteiger partial charge in [-0.2, -0.15) is 0 Å². The SMILES string of the molecule is C=C(C)C(=O)ON1C=CCCC1. The summed E-state index contributed by atoms with van der Waals surface area (Å²) in [6, 6.07) is 0. The molecular formula is C9H13NO2. The van der Waals surface area contributed by atoms with Crippen LogP contribution in [0.15, 0.2) is 24.4 Å². The quantitative estimate of drug-likeness (QED) is 0.585. The summed E-state index contributed by atoms with van der Waals surface area (Å²) >= 11 is 0. The van der Waals surface area contributed by atoms with Gasteiger partial charge in [-0.1, -0.05) is 12.7 Å². The summed E-state index contributed by atoms with van der Waals surface area (Å²) in [5, 5.41) is 1.54. The van der Waals surface area contributed by atoms with Crippen LogP contribution < -0.4 is 0 Å². The Hall–Kier alpha value is -1.25. The van der Waals surface area contributed by atoms with Gasteiger partial charge in [-0.25, -0.2) is 9.86 Å². The molecule has 0 fully saturated rings. The van der Waals surface area contributed by atoms with Gasteiger partial charge >= 0.3 is 5.97 Å². The van der Waals surface area contributed by atoms with E-state index in [-0.39, 0.29) is 5.97 Å². The summed E-state index contributed by atoms with van der Waals surface area (Å²) in [5.74, 6) is -0.360. The fourth-order valence-electron chi connectivity index (χ4n) is 0.892. The predicted octanol–water partition coefficient (Wildman–Crippen LogP) is 1.63. The molecule has 0 aromatic rings. The lowest BCUT2D eigenvalue weighted by atomic mass is 10.2. The van der Waals surface area contributed by atoms with Crippen LogP contribution in [0.2, 0.25) is 0 Å². The number of carbonyl (C=O) groups excluding carboxylic acids is 1. The number of carbonyl (C=O) groups is 1. The van der Waals surface area contributed by atoms with Crippen molar-refractivity contribution in [1.29, 1.82) is 0 Å². The fourth-order valence-corrected chi connectivity index (χ4v) is 0.892. The van der Waals surface area contributed by atoms with E-state index in [0.717, 1.165) is 19.4 Å². The van der Waals surface area contributed by atoms with Crippen LogP contribution in [0.4, 0.5) is 0 Å². The summed E-state index contributed by atoms with van der Waals surface area (Å²) in [6.45, 7) is 5.90.